The predicted octanol–water partition coefficient (Wildman–Crippen LogP) is 4.47. The summed E-state index contributed by atoms with van der Waals surface area (Å²) in [6.07, 6.45) is 1.16. The van der Waals surface area contributed by atoms with Crippen LogP contribution < -0.4 is 4.74 Å². The first-order chi connectivity index (χ1) is 11.8. The summed E-state index contributed by atoms with van der Waals surface area (Å²) in [4.78, 5) is 19.7. The number of rotatable bonds is 3. The van der Waals surface area contributed by atoms with Crippen LogP contribution in [0.3, 0.4) is 0 Å². The molecule has 4 heteroatoms. The number of aromatic nitrogens is 2. The molecule has 0 aliphatic heterocycles. The van der Waals surface area contributed by atoms with E-state index in [1.54, 1.807) is 0 Å². The molecule has 0 bridgehead atoms. The molecule has 1 heterocycles. The number of hydrogen-bond acceptors (Lipinski definition) is 3. The van der Waals surface area contributed by atoms with Crippen LogP contribution in [0, 0.1) is 0 Å². The number of carbonyl (C=O) groups excluding carboxylic acids is 1. The number of ether oxygens (including phenoxy) is 1. The highest BCUT2D eigenvalue weighted by atomic mass is 16.5. The van der Waals surface area contributed by atoms with Gasteiger partial charge in [-0.3, -0.25) is 0 Å². The molecule has 0 aliphatic carbocycles. The first kappa shape index (κ1) is 14.2. The molecule has 116 valence electrons. The fourth-order valence-corrected chi connectivity index (χ4v) is 2.76. The van der Waals surface area contributed by atoms with Gasteiger partial charge in [-0.05, 0) is 23.6 Å². The summed E-state index contributed by atoms with van der Waals surface area (Å²) >= 11 is 0. The van der Waals surface area contributed by atoms with Crippen LogP contribution in [0.4, 0.5) is 0 Å². The number of fused-ring (bicyclic) bond motifs is 2. The highest BCUT2D eigenvalue weighted by Gasteiger charge is 2.16. The van der Waals surface area contributed by atoms with E-state index in [-0.39, 0.29) is 0 Å². The second-order valence-corrected chi connectivity index (χ2v) is 5.39. The number of imidazole rings is 1. The molecule has 4 nitrogen and oxygen atoms in total. The van der Waals surface area contributed by atoms with Crippen molar-refractivity contribution in [3.8, 4) is 17.1 Å². The predicted molar refractivity (Wildman–Crippen MR) is 94.9 cm³/mol. The molecule has 0 saturated carbocycles. The number of aromatic amines is 1. The molecule has 3 aromatic carbocycles. The van der Waals surface area contributed by atoms with Gasteiger partial charge in [0.25, 0.3) is 0 Å². The number of para-hydroxylation sites is 2. The molecule has 0 amide bonds. The minimum atomic E-state index is -0.497. The Kier molecular flexibility index (Phi) is 3.35. The van der Waals surface area contributed by atoms with Crippen molar-refractivity contribution in [3.63, 3.8) is 0 Å². The van der Waals surface area contributed by atoms with Crippen LogP contribution >= 0.6 is 0 Å². The minimum absolute atomic E-state index is 0.483. The molecule has 0 radical (unpaired) electrons. The first-order valence-electron chi connectivity index (χ1n) is 7.57. The van der Waals surface area contributed by atoms with Gasteiger partial charge in [-0.25, -0.2) is 9.78 Å². The number of benzene rings is 3. The number of nitrogens with zero attached hydrogens (tertiary/aromatic N) is 1. The van der Waals surface area contributed by atoms with Crippen molar-refractivity contribution in [1.82, 2.24) is 9.97 Å². The highest BCUT2D eigenvalue weighted by molar-refractivity contribution is 5.98. The van der Waals surface area contributed by atoms with E-state index in [4.69, 9.17) is 4.74 Å². The van der Waals surface area contributed by atoms with Crippen LogP contribution in [0.15, 0.2) is 73.3 Å². The fourth-order valence-electron chi connectivity index (χ4n) is 2.76. The topological polar surface area (TPSA) is 55.0 Å². The molecule has 4 rings (SSSR count). The van der Waals surface area contributed by atoms with E-state index in [2.05, 4.69) is 16.5 Å². The Hall–Kier alpha value is -3.40. The SMILES string of the molecule is C=CC(=O)Oc1c(-c2nc3ccccc3[nH]2)ccc2ccccc12. The van der Waals surface area contributed by atoms with E-state index < -0.39 is 5.97 Å². The normalized spacial score (nSPS) is 10.8. The third-order valence-electron chi connectivity index (χ3n) is 3.89. The summed E-state index contributed by atoms with van der Waals surface area (Å²) in [6, 6.07) is 19.4. The quantitative estimate of drug-likeness (QED) is 0.345. The molecule has 0 spiro atoms. The van der Waals surface area contributed by atoms with Crippen LogP contribution in [0.1, 0.15) is 0 Å². The Labute approximate surface area is 138 Å². The van der Waals surface area contributed by atoms with Gasteiger partial charge in [-0.2, -0.15) is 0 Å². The third-order valence-corrected chi connectivity index (χ3v) is 3.89. The van der Waals surface area contributed by atoms with E-state index in [0.29, 0.717) is 11.6 Å². The lowest BCUT2D eigenvalue weighted by molar-refractivity contribution is -0.128. The van der Waals surface area contributed by atoms with Crippen LogP contribution in [0.5, 0.6) is 5.75 Å². The van der Waals surface area contributed by atoms with Crippen LogP contribution in [0.25, 0.3) is 33.2 Å². The molecule has 4 aromatic rings. The second-order valence-electron chi connectivity index (χ2n) is 5.39. The number of nitrogens with one attached hydrogen (secondary N) is 1. The van der Waals surface area contributed by atoms with Crippen molar-refractivity contribution < 1.29 is 9.53 Å². The van der Waals surface area contributed by atoms with Crippen molar-refractivity contribution in [2.75, 3.05) is 0 Å². The Morgan fingerprint density at radius 3 is 2.67 bits per heavy atom. The highest BCUT2D eigenvalue weighted by Crippen LogP contribution is 2.36. The number of carbonyl (C=O) groups is 1. The molecule has 24 heavy (non-hydrogen) atoms. The van der Waals surface area contributed by atoms with Crippen LogP contribution in [0.2, 0.25) is 0 Å². The smallest absolute Gasteiger partial charge is 0.335 e. The van der Waals surface area contributed by atoms with Gasteiger partial charge < -0.3 is 9.72 Å². The molecule has 1 N–H and O–H groups in total. The van der Waals surface area contributed by atoms with Crippen molar-refractivity contribution in [2.24, 2.45) is 0 Å². The summed E-state index contributed by atoms with van der Waals surface area (Å²) in [6.45, 7) is 3.48. The number of H-pyrrole nitrogens is 1. The first-order valence-corrected chi connectivity index (χ1v) is 7.57. The Balaban J connectivity index is 1.98. The zero-order valence-corrected chi connectivity index (χ0v) is 12.8. The monoisotopic (exact) mass is 314 g/mol. The van der Waals surface area contributed by atoms with Gasteiger partial charge in [-0.15, -0.1) is 0 Å². The van der Waals surface area contributed by atoms with Gasteiger partial charge in [0.05, 0.1) is 16.6 Å². The molecule has 1 aromatic heterocycles. The van der Waals surface area contributed by atoms with Crippen molar-refractivity contribution in [1.29, 1.82) is 0 Å². The zero-order valence-electron chi connectivity index (χ0n) is 12.8. The number of esters is 1. The molecule has 0 fully saturated rings. The summed E-state index contributed by atoms with van der Waals surface area (Å²) < 4.78 is 5.54. The average Bonchev–Trinajstić information content (AvgIpc) is 3.05. The molecular formula is C20H14N2O2. The van der Waals surface area contributed by atoms with Crippen LogP contribution in [-0.2, 0) is 4.79 Å². The van der Waals surface area contributed by atoms with Gasteiger partial charge in [-0.1, -0.05) is 49.0 Å². The van der Waals surface area contributed by atoms with E-state index in [0.717, 1.165) is 33.4 Å². The molecule has 0 saturated heterocycles. The average molecular weight is 314 g/mol. The number of hydrogen-bond donors (Lipinski definition) is 1. The maximum absolute atomic E-state index is 11.8. The largest absolute Gasteiger partial charge is 0.422 e. The van der Waals surface area contributed by atoms with Gasteiger partial charge in [0.1, 0.15) is 11.6 Å². The molecule has 0 aliphatic rings. The lowest BCUT2D eigenvalue weighted by Gasteiger charge is -2.11. The maximum Gasteiger partial charge on any atom is 0.335 e. The van der Waals surface area contributed by atoms with Gasteiger partial charge >= 0.3 is 5.97 Å². The van der Waals surface area contributed by atoms with Gasteiger partial charge in [0.2, 0.25) is 0 Å². The lowest BCUT2D eigenvalue weighted by atomic mass is 10.0. The van der Waals surface area contributed by atoms with Crippen molar-refractivity contribution in [3.05, 3.63) is 73.3 Å². The van der Waals surface area contributed by atoms with E-state index in [1.807, 2.05) is 60.7 Å². The molecular weight excluding hydrogens is 300 g/mol. The zero-order chi connectivity index (χ0) is 16.5. The summed E-state index contributed by atoms with van der Waals surface area (Å²) in [5, 5.41) is 1.84. The summed E-state index contributed by atoms with van der Waals surface area (Å²) in [5.74, 6) is 0.648. The fraction of sp³-hybridized carbons (Fsp3) is 0. The lowest BCUT2D eigenvalue weighted by Crippen LogP contribution is -2.05. The Bertz CT molecular complexity index is 1050. The third kappa shape index (κ3) is 2.34. The maximum atomic E-state index is 11.8. The standard InChI is InChI=1S/C20H14N2O2/c1-2-18(23)24-19-14-8-4-3-7-13(14)11-12-15(19)20-21-16-9-5-6-10-17(16)22-20/h2-12H,1H2,(H,21,22). The van der Waals surface area contributed by atoms with Crippen LogP contribution in [-0.4, -0.2) is 15.9 Å². The summed E-state index contributed by atoms with van der Waals surface area (Å²) in [5.41, 5.74) is 2.53. The molecule has 0 atom stereocenters. The van der Waals surface area contributed by atoms with Gasteiger partial charge in [0, 0.05) is 11.5 Å². The van der Waals surface area contributed by atoms with Gasteiger partial charge in [0.15, 0.2) is 0 Å². The van der Waals surface area contributed by atoms with E-state index in [9.17, 15) is 4.79 Å². The Morgan fingerprint density at radius 1 is 1.04 bits per heavy atom. The van der Waals surface area contributed by atoms with E-state index >= 15 is 0 Å². The van der Waals surface area contributed by atoms with Crippen molar-refractivity contribution in [2.45, 2.75) is 0 Å². The Morgan fingerprint density at radius 2 is 1.83 bits per heavy atom. The summed E-state index contributed by atoms with van der Waals surface area (Å²) in [7, 11) is 0. The van der Waals surface area contributed by atoms with Crippen molar-refractivity contribution >= 4 is 27.8 Å². The van der Waals surface area contributed by atoms with E-state index in [1.165, 1.54) is 0 Å². The second kappa shape index (κ2) is 5.66. The minimum Gasteiger partial charge on any atom is -0.422 e. The molecule has 0 unspecified atom stereocenters.